The van der Waals surface area contributed by atoms with Gasteiger partial charge >= 0.3 is 0 Å². The van der Waals surface area contributed by atoms with Crippen LogP contribution in [0.15, 0.2) is 36.5 Å². The van der Waals surface area contributed by atoms with E-state index in [0.29, 0.717) is 36.0 Å². The Kier molecular flexibility index (Phi) is 6.93. The second-order valence-corrected chi connectivity index (χ2v) is 5.55. The zero-order chi connectivity index (χ0) is 17.4. The number of nitrogens with zero attached hydrogens (tertiary/aromatic N) is 1. The van der Waals surface area contributed by atoms with E-state index in [0.717, 1.165) is 17.8 Å². The van der Waals surface area contributed by atoms with E-state index in [2.05, 4.69) is 22.5 Å². The molecule has 1 aromatic heterocycles. The van der Waals surface area contributed by atoms with Crippen LogP contribution < -0.4 is 15.4 Å². The summed E-state index contributed by atoms with van der Waals surface area (Å²) in [4.78, 5) is 4.29. The number of benzene rings is 1. The van der Waals surface area contributed by atoms with Crippen molar-refractivity contribution in [1.82, 2.24) is 10.3 Å². The summed E-state index contributed by atoms with van der Waals surface area (Å²) in [6, 6.07) is 8.77. The minimum atomic E-state index is -0.264. The lowest BCUT2D eigenvalue weighted by atomic mass is 10.1. The molecule has 1 heterocycles. The molecule has 0 bridgehead atoms. The molecular formula is C18H22FN3OS. The second kappa shape index (κ2) is 9.17. The van der Waals surface area contributed by atoms with E-state index in [4.69, 9.17) is 17.0 Å². The van der Waals surface area contributed by atoms with Crippen LogP contribution in [-0.2, 0) is 12.8 Å². The lowest BCUT2D eigenvalue weighted by Gasteiger charge is -2.14. The monoisotopic (exact) mass is 347 g/mol. The molecule has 0 radical (unpaired) electrons. The van der Waals surface area contributed by atoms with Crippen LogP contribution in [0.5, 0.6) is 5.75 Å². The zero-order valence-corrected chi connectivity index (χ0v) is 14.8. The van der Waals surface area contributed by atoms with Gasteiger partial charge in [0, 0.05) is 18.3 Å². The van der Waals surface area contributed by atoms with Crippen LogP contribution in [-0.4, -0.2) is 23.2 Å². The maximum absolute atomic E-state index is 14.0. The van der Waals surface area contributed by atoms with Crippen molar-refractivity contribution in [3.8, 4) is 5.75 Å². The van der Waals surface area contributed by atoms with Crippen LogP contribution in [0, 0.1) is 5.82 Å². The highest BCUT2D eigenvalue weighted by Crippen LogP contribution is 2.21. The van der Waals surface area contributed by atoms with E-state index in [1.165, 1.54) is 6.07 Å². The van der Waals surface area contributed by atoms with Gasteiger partial charge in [0.2, 0.25) is 0 Å². The number of hydrogen-bond acceptors (Lipinski definition) is 3. The number of halogens is 1. The van der Waals surface area contributed by atoms with Crippen molar-refractivity contribution in [2.45, 2.75) is 26.7 Å². The van der Waals surface area contributed by atoms with Crippen molar-refractivity contribution in [2.24, 2.45) is 0 Å². The Bertz CT molecular complexity index is 694. The maximum atomic E-state index is 14.0. The molecule has 2 aromatic rings. The van der Waals surface area contributed by atoms with Gasteiger partial charge in [-0.2, -0.15) is 0 Å². The van der Waals surface area contributed by atoms with Gasteiger partial charge in [0.1, 0.15) is 17.4 Å². The van der Waals surface area contributed by atoms with Crippen molar-refractivity contribution in [2.75, 3.05) is 18.5 Å². The van der Waals surface area contributed by atoms with Crippen molar-refractivity contribution in [1.29, 1.82) is 0 Å². The molecule has 24 heavy (non-hydrogen) atoms. The fourth-order valence-electron chi connectivity index (χ4n) is 2.36. The minimum Gasteiger partial charge on any atom is -0.493 e. The molecule has 2 N–H and O–H groups in total. The van der Waals surface area contributed by atoms with Crippen LogP contribution in [0.2, 0.25) is 0 Å². The number of anilines is 1. The van der Waals surface area contributed by atoms with E-state index in [9.17, 15) is 4.39 Å². The number of rotatable bonds is 7. The predicted molar refractivity (Wildman–Crippen MR) is 99.1 cm³/mol. The lowest BCUT2D eigenvalue weighted by Crippen LogP contribution is -2.31. The van der Waals surface area contributed by atoms with E-state index < -0.39 is 0 Å². The average molecular weight is 347 g/mol. The first kappa shape index (κ1) is 18.1. The minimum absolute atomic E-state index is 0.264. The smallest absolute Gasteiger partial charge is 0.171 e. The van der Waals surface area contributed by atoms with E-state index >= 15 is 0 Å². The predicted octanol–water partition coefficient (Wildman–Crippen LogP) is 3.71. The molecule has 0 aliphatic heterocycles. The molecule has 0 saturated carbocycles. The van der Waals surface area contributed by atoms with Crippen molar-refractivity contribution >= 4 is 23.1 Å². The zero-order valence-electron chi connectivity index (χ0n) is 13.9. The third-order valence-electron chi connectivity index (χ3n) is 3.54. The van der Waals surface area contributed by atoms with Gasteiger partial charge in [0.15, 0.2) is 5.11 Å². The molecule has 2 rings (SSSR count). The normalized spacial score (nSPS) is 10.3. The van der Waals surface area contributed by atoms with Crippen molar-refractivity contribution in [3.05, 3.63) is 53.5 Å². The largest absolute Gasteiger partial charge is 0.493 e. The quantitative estimate of drug-likeness (QED) is 0.748. The van der Waals surface area contributed by atoms with Gasteiger partial charge in [-0.1, -0.05) is 19.1 Å². The van der Waals surface area contributed by atoms with Crippen LogP contribution in [0.4, 0.5) is 10.2 Å². The van der Waals surface area contributed by atoms with Crippen molar-refractivity contribution < 1.29 is 9.13 Å². The maximum Gasteiger partial charge on any atom is 0.171 e. The number of aryl methyl sites for hydroxylation is 1. The molecule has 0 aliphatic carbocycles. The molecule has 6 heteroatoms. The first-order valence-electron chi connectivity index (χ1n) is 8.04. The first-order valence-corrected chi connectivity index (χ1v) is 8.45. The standard InChI is InChI=1S/C18H22FN3OS/c1-3-13-7-6-11-20-17(13)22-18(24)21-12-10-14-15(19)8-5-9-16(14)23-4-2/h5-9,11H,3-4,10,12H2,1-2H3,(H2,20,21,22,24). The molecule has 0 saturated heterocycles. The molecular weight excluding hydrogens is 325 g/mol. The molecule has 1 aromatic carbocycles. The number of aromatic nitrogens is 1. The summed E-state index contributed by atoms with van der Waals surface area (Å²) >= 11 is 5.29. The van der Waals surface area contributed by atoms with E-state index in [1.54, 1.807) is 18.3 Å². The number of nitrogens with one attached hydrogen (secondary N) is 2. The highest BCUT2D eigenvalue weighted by atomic mass is 32.1. The summed E-state index contributed by atoms with van der Waals surface area (Å²) in [5.74, 6) is 1.06. The third-order valence-corrected chi connectivity index (χ3v) is 3.79. The average Bonchev–Trinajstić information content (AvgIpc) is 2.58. The number of pyridine rings is 1. The Morgan fingerprint density at radius 2 is 2.08 bits per heavy atom. The Labute approximate surface area is 147 Å². The highest BCUT2D eigenvalue weighted by molar-refractivity contribution is 7.80. The molecule has 128 valence electrons. The summed E-state index contributed by atoms with van der Waals surface area (Å²) < 4.78 is 19.5. The van der Waals surface area contributed by atoms with Gasteiger partial charge in [-0.05, 0) is 55.7 Å². The van der Waals surface area contributed by atoms with E-state index in [1.807, 2.05) is 19.1 Å². The van der Waals surface area contributed by atoms with Gasteiger partial charge in [-0.25, -0.2) is 9.37 Å². The van der Waals surface area contributed by atoms with Gasteiger partial charge in [0.05, 0.1) is 6.61 Å². The molecule has 0 fully saturated rings. The molecule has 0 atom stereocenters. The van der Waals surface area contributed by atoms with E-state index in [-0.39, 0.29) is 5.82 Å². The fourth-order valence-corrected chi connectivity index (χ4v) is 2.56. The number of ether oxygens (including phenoxy) is 1. The number of hydrogen-bond donors (Lipinski definition) is 2. The Balaban J connectivity index is 1.91. The first-order chi connectivity index (χ1) is 11.7. The third kappa shape index (κ3) is 4.89. The Morgan fingerprint density at radius 3 is 2.83 bits per heavy atom. The van der Waals surface area contributed by atoms with Gasteiger partial charge in [0.25, 0.3) is 0 Å². The van der Waals surface area contributed by atoms with Crippen LogP contribution >= 0.6 is 12.2 Å². The van der Waals surface area contributed by atoms with Crippen LogP contribution in [0.1, 0.15) is 25.0 Å². The molecule has 0 unspecified atom stereocenters. The van der Waals surface area contributed by atoms with Gasteiger partial charge < -0.3 is 15.4 Å². The molecule has 0 aliphatic rings. The summed E-state index contributed by atoms with van der Waals surface area (Å²) in [6.45, 7) is 4.95. The van der Waals surface area contributed by atoms with Gasteiger partial charge in [-0.15, -0.1) is 0 Å². The van der Waals surface area contributed by atoms with Crippen molar-refractivity contribution in [3.63, 3.8) is 0 Å². The summed E-state index contributed by atoms with van der Waals surface area (Å²) in [5.41, 5.74) is 1.65. The summed E-state index contributed by atoms with van der Waals surface area (Å²) in [7, 11) is 0. The van der Waals surface area contributed by atoms with Gasteiger partial charge in [-0.3, -0.25) is 0 Å². The summed E-state index contributed by atoms with van der Waals surface area (Å²) in [6.07, 6.45) is 3.07. The molecule has 4 nitrogen and oxygen atoms in total. The summed E-state index contributed by atoms with van der Waals surface area (Å²) in [5, 5.41) is 6.64. The second-order valence-electron chi connectivity index (χ2n) is 5.15. The SMILES string of the molecule is CCOc1cccc(F)c1CCNC(=S)Nc1ncccc1CC. The Hall–Kier alpha value is -2.21. The Morgan fingerprint density at radius 1 is 1.25 bits per heavy atom. The van der Waals surface area contributed by atoms with Crippen LogP contribution in [0.25, 0.3) is 0 Å². The molecule has 0 amide bonds. The fraction of sp³-hybridized carbons (Fsp3) is 0.333. The highest BCUT2D eigenvalue weighted by Gasteiger charge is 2.10. The van der Waals surface area contributed by atoms with Crippen LogP contribution in [0.3, 0.4) is 0 Å². The lowest BCUT2D eigenvalue weighted by molar-refractivity contribution is 0.333. The topological polar surface area (TPSA) is 46.2 Å². The number of thiocarbonyl (C=S) groups is 1. The molecule has 0 spiro atoms.